The van der Waals surface area contributed by atoms with Crippen LogP contribution in [-0.2, 0) is 4.79 Å². The summed E-state index contributed by atoms with van der Waals surface area (Å²) in [6.45, 7) is 9.88. The molecule has 0 saturated carbocycles. The second-order valence-corrected chi connectivity index (χ2v) is 5.87. The van der Waals surface area contributed by atoms with Crippen molar-refractivity contribution >= 4 is 5.91 Å². The van der Waals surface area contributed by atoms with Gasteiger partial charge in [0.1, 0.15) is 0 Å². The van der Waals surface area contributed by atoms with Crippen molar-refractivity contribution in [1.82, 2.24) is 0 Å². The quantitative estimate of drug-likeness (QED) is 0.859. The maximum absolute atomic E-state index is 11.4. The lowest BCUT2D eigenvalue weighted by molar-refractivity contribution is -0.126. The molecular formula is C15H24N2O. The zero-order chi connectivity index (χ0) is 14.1. The van der Waals surface area contributed by atoms with Gasteiger partial charge in [0.25, 0.3) is 0 Å². The minimum Gasteiger partial charge on any atom is -0.369 e. The first-order valence-corrected chi connectivity index (χ1v) is 6.28. The van der Waals surface area contributed by atoms with Crippen LogP contribution in [0.1, 0.15) is 48.6 Å². The smallest absolute Gasteiger partial charge is 0.223 e. The molecule has 0 aliphatic carbocycles. The van der Waals surface area contributed by atoms with Crippen molar-refractivity contribution in [2.24, 2.45) is 16.9 Å². The fourth-order valence-electron chi connectivity index (χ4n) is 2.53. The van der Waals surface area contributed by atoms with E-state index in [1.165, 1.54) is 16.7 Å². The lowest BCUT2D eigenvalue weighted by Gasteiger charge is -2.26. The fraction of sp³-hybridized carbons (Fsp3) is 0.533. The third-order valence-corrected chi connectivity index (χ3v) is 3.51. The van der Waals surface area contributed by atoms with Crippen molar-refractivity contribution in [3.63, 3.8) is 0 Å². The molecule has 0 bridgehead atoms. The van der Waals surface area contributed by atoms with Crippen LogP contribution in [0, 0.1) is 26.2 Å². The molecule has 0 aliphatic heterocycles. The van der Waals surface area contributed by atoms with E-state index in [1.807, 2.05) is 13.8 Å². The number of carbonyl (C=O) groups excluding carboxylic acids is 1. The summed E-state index contributed by atoms with van der Waals surface area (Å²) in [6, 6.07) is 4.09. The largest absolute Gasteiger partial charge is 0.369 e. The molecule has 100 valence electrons. The molecule has 0 aliphatic rings. The zero-order valence-corrected chi connectivity index (χ0v) is 12.0. The van der Waals surface area contributed by atoms with Gasteiger partial charge >= 0.3 is 0 Å². The molecule has 0 spiro atoms. The number of hydrogen-bond acceptors (Lipinski definition) is 2. The Kier molecular flexibility index (Phi) is 4.17. The molecule has 3 heteroatoms. The van der Waals surface area contributed by atoms with Crippen LogP contribution in [0.4, 0.5) is 0 Å². The number of rotatable bonds is 4. The third kappa shape index (κ3) is 3.10. The van der Waals surface area contributed by atoms with E-state index in [9.17, 15) is 4.79 Å². The molecule has 18 heavy (non-hydrogen) atoms. The van der Waals surface area contributed by atoms with Crippen molar-refractivity contribution in [1.29, 1.82) is 0 Å². The molecule has 4 N–H and O–H groups in total. The number of benzene rings is 1. The van der Waals surface area contributed by atoms with Crippen LogP contribution in [0.2, 0.25) is 0 Å². The second-order valence-electron chi connectivity index (χ2n) is 5.87. The van der Waals surface area contributed by atoms with Crippen LogP contribution in [0.5, 0.6) is 0 Å². The number of aryl methyl sites for hydroxylation is 3. The van der Waals surface area contributed by atoms with Crippen molar-refractivity contribution in [3.05, 3.63) is 34.4 Å². The van der Waals surface area contributed by atoms with E-state index in [4.69, 9.17) is 11.5 Å². The highest BCUT2D eigenvalue weighted by atomic mass is 16.1. The van der Waals surface area contributed by atoms with Gasteiger partial charge in [-0.05, 0) is 43.9 Å². The standard InChI is InChI=1S/C15H24N2O/c1-9-6-10(2)13(11(3)7-9)12(16)8-15(4,5)14(17)18/h6-7,12H,8,16H2,1-5H3,(H2,17,18). The normalized spacial score (nSPS) is 13.4. The average molecular weight is 248 g/mol. The highest BCUT2D eigenvalue weighted by molar-refractivity contribution is 5.80. The monoisotopic (exact) mass is 248 g/mol. The lowest BCUT2D eigenvalue weighted by atomic mass is 9.81. The Morgan fingerprint density at radius 1 is 1.22 bits per heavy atom. The summed E-state index contributed by atoms with van der Waals surface area (Å²) in [4.78, 5) is 11.4. The van der Waals surface area contributed by atoms with E-state index in [2.05, 4.69) is 32.9 Å². The van der Waals surface area contributed by atoms with Crippen LogP contribution in [-0.4, -0.2) is 5.91 Å². The number of amides is 1. The third-order valence-electron chi connectivity index (χ3n) is 3.51. The number of hydrogen-bond donors (Lipinski definition) is 2. The predicted octanol–water partition coefficient (Wildman–Crippen LogP) is 2.51. The Labute approximate surface area is 110 Å². The van der Waals surface area contributed by atoms with Crippen molar-refractivity contribution < 1.29 is 4.79 Å². The van der Waals surface area contributed by atoms with Crippen LogP contribution < -0.4 is 11.5 Å². The van der Waals surface area contributed by atoms with Gasteiger partial charge in [-0.25, -0.2) is 0 Å². The molecule has 1 unspecified atom stereocenters. The maximum Gasteiger partial charge on any atom is 0.223 e. The maximum atomic E-state index is 11.4. The van der Waals surface area contributed by atoms with Gasteiger partial charge in [0.2, 0.25) is 5.91 Å². The molecule has 0 heterocycles. The van der Waals surface area contributed by atoms with E-state index in [1.54, 1.807) is 0 Å². The molecule has 1 aromatic carbocycles. The SMILES string of the molecule is Cc1cc(C)c(C(N)CC(C)(C)C(N)=O)c(C)c1. The lowest BCUT2D eigenvalue weighted by Crippen LogP contribution is -2.35. The van der Waals surface area contributed by atoms with Gasteiger partial charge in [-0.1, -0.05) is 31.5 Å². The summed E-state index contributed by atoms with van der Waals surface area (Å²) in [7, 11) is 0. The highest BCUT2D eigenvalue weighted by Crippen LogP contribution is 2.31. The molecule has 1 rings (SSSR count). The molecule has 0 fully saturated rings. The Morgan fingerprint density at radius 2 is 1.67 bits per heavy atom. The topological polar surface area (TPSA) is 69.1 Å². The Morgan fingerprint density at radius 3 is 2.06 bits per heavy atom. The minimum atomic E-state index is -0.580. The molecular weight excluding hydrogens is 224 g/mol. The van der Waals surface area contributed by atoms with E-state index in [0.29, 0.717) is 6.42 Å². The molecule has 0 saturated heterocycles. The van der Waals surface area contributed by atoms with E-state index >= 15 is 0 Å². The molecule has 0 aromatic heterocycles. The molecule has 0 radical (unpaired) electrons. The zero-order valence-electron chi connectivity index (χ0n) is 12.0. The Balaban J connectivity index is 3.05. The summed E-state index contributed by atoms with van der Waals surface area (Å²) in [5, 5.41) is 0. The summed E-state index contributed by atoms with van der Waals surface area (Å²) in [5.74, 6) is -0.305. The van der Waals surface area contributed by atoms with Gasteiger partial charge in [-0.2, -0.15) is 0 Å². The van der Waals surface area contributed by atoms with E-state index in [0.717, 1.165) is 5.56 Å². The van der Waals surface area contributed by atoms with Crippen LogP contribution in [0.25, 0.3) is 0 Å². The van der Waals surface area contributed by atoms with Crippen LogP contribution in [0.3, 0.4) is 0 Å². The number of nitrogens with two attached hydrogens (primary N) is 2. The van der Waals surface area contributed by atoms with Gasteiger partial charge in [0, 0.05) is 11.5 Å². The highest BCUT2D eigenvalue weighted by Gasteiger charge is 2.29. The van der Waals surface area contributed by atoms with Crippen molar-refractivity contribution in [2.75, 3.05) is 0 Å². The average Bonchev–Trinajstić information content (AvgIpc) is 2.13. The molecule has 1 aromatic rings. The van der Waals surface area contributed by atoms with Crippen LogP contribution >= 0.6 is 0 Å². The van der Waals surface area contributed by atoms with Crippen molar-refractivity contribution in [3.8, 4) is 0 Å². The summed E-state index contributed by atoms with van der Waals surface area (Å²) < 4.78 is 0. The van der Waals surface area contributed by atoms with Gasteiger partial charge in [-0.3, -0.25) is 4.79 Å². The molecule has 1 atom stereocenters. The first-order chi connectivity index (χ1) is 8.15. The van der Waals surface area contributed by atoms with Gasteiger partial charge in [-0.15, -0.1) is 0 Å². The van der Waals surface area contributed by atoms with E-state index in [-0.39, 0.29) is 11.9 Å². The van der Waals surface area contributed by atoms with Crippen LogP contribution in [0.15, 0.2) is 12.1 Å². The number of carbonyl (C=O) groups is 1. The first kappa shape index (κ1) is 14.7. The molecule has 3 nitrogen and oxygen atoms in total. The minimum absolute atomic E-state index is 0.159. The summed E-state index contributed by atoms with van der Waals surface area (Å²) in [6.07, 6.45) is 0.563. The second kappa shape index (κ2) is 5.11. The Hall–Kier alpha value is -1.35. The molecule has 1 amide bonds. The van der Waals surface area contributed by atoms with Crippen molar-refractivity contribution in [2.45, 2.75) is 47.1 Å². The van der Waals surface area contributed by atoms with E-state index < -0.39 is 5.41 Å². The first-order valence-electron chi connectivity index (χ1n) is 6.28. The number of primary amides is 1. The van der Waals surface area contributed by atoms with Gasteiger partial charge < -0.3 is 11.5 Å². The summed E-state index contributed by atoms with van der Waals surface area (Å²) in [5.41, 5.74) is 15.8. The fourth-order valence-corrected chi connectivity index (χ4v) is 2.53. The Bertz CT molecular complexity index is 441. The van der Waals surface area contributed by atoms with Gasteiger partial charge in [0.05, 0.1) is 0 Å². The summed E-state index contributed by atoms with van der Waals surface area (Å²) >= 11 is 0. The van der Waals surface area contributed by atoms with Gasteiger partial charge in [0.15, 0.2) is 0 Å². The predicted molar refractivity (Wildman–Crippen MR) is 75.2 cm³/mol.